The molecule has 0 bridgehead atoms. The molecule has 0 spiro atoms. The summed E-state index contributed by atoms with van der Waals surface area (Å²) >= 11 is 3.20. The van der Waals surface area contributed by atoms with Gasteiger partial charge in [-0.25, -0.2) is 9.88 Å². The van der Waals surface area contributed by atoms with E-state index in [1.165, 1.54) is 0 Å². The number of amides is 2. The molecule has 1 aliphatic heterocycles. The van der Waals surface area contributed by atoms with Crippen molar-refractivity contribution in [1.29, 1.82) is 0 Å². The number of anilines is 1. The highest BCUT2D eigenvalue weighted by Crippen LogP contribution is 2.25. The lowest BCUT2D eigenvalue weighted by molar-refractivity contribution is -0.122. The van der Waals surface area contributed by atoms with Gasteiger partial charge in [-0.15, -0.1) is 0 Å². The first-order valence-electron chi connectivity index (χ1n) is 4.59. The van der Waals surface area contributed by atoms with E-state index in [9.17, 15) is 9.59 Å². The highest BCUT2D eigenvalue weighted by molar-refractivity contribution is 9.10. The lowest BCUT2D eigenvalue weighted by atomic mass is 10.1. The fourth-order valence-corrected chi connectivity index (χ4v) is 1.88. The summed E-state index contributed by atoms with van der Waals surface area (Å²) in [4.78, 5) is 28.5. The Bertz CT molecular complexity index is 433. The number of halogens is 1. The molecule has 2 rings (SSSR count). The molecular formula is C10H9BrN2O2. The Labute approximate surface area is 95.4 Å². The molecule has 0 radical (unpaired) electrons. The predicted octanol–water partition coefficient (Wildman–Crippen LogP) is 1.74. The summed E-state index contributed by atoms with van der Waals surface area (Å²) in [5.41, 5.74) is 0. The van der Waals surface area contributed by atoms with Crippen LogP contribution in [-0.4, -0.2) is 16.8 Å². The van der Waals surface area contributed by atoms with E-state index in [1.54, 1.807) is 25.1 Å². The molecule has 1 fully saturated rings. The topological polar surface area (TPSA) is 50.3 Å². The van der Waals surface area contributed by atoms with Crippen LogP contribution in [0.3, 0.4) is 0 Å². The van der Waals surface area contributed by atoms with Crippen LogP contribution in [0.15, 0.2) is 22.8 Å². The smallest absolute Gasteiger partial charge is 0.238 e. The fourth-order valence-electron chi connectivity index (χ4n) is 1.55. The standard InChI is InChI=1S/C10H9BrN2O2/c1-6-5-9(14)13(10(6)15)8-4-2-3-7(11)12-8/h2-4,6H,5H2,1H3. The quantitative estimate of drug-likeness (QED) is 0.576. The first-order chi connectivity index (χ1) is 7.09. The Morgan fingerprint density at radius 2 is 2.20 bits per heavy atom. The Kier molecular flexibility index (Phi) is 2.56. The number of hydrogen-bond donors (Lipinski definition) is 0. The van der Waals surface area contributed by atoms with Crippen LogP contribution < -0.4 is 4.90 Å². The summed E-state index contributed by atoms with van der Waals surface area (Å²) in [5.74, 6) is -0.203. The van der Waals surface area contributed by atoms with Gasteiger partial charge in [-0.05, 0) is 28.1 Å². The molecule has 1 saturated heterocycles. The number of rotatable bonds is 1. The van der Waals surface area contributed by atoms with E-state index >= 15 is 0 Å². The van der Waals surface area contributed by atoms with Gasteiger partial charge < -0.3 is 0 Å². The largest absolute Gasteiger partial charge is 0.274 e. The van der Waals surface area contributed by atoms with Gasteiger partial charge in [-0.1, -0.05) is 13.0 Å². The molecule has 0 aromatic carbocycles. The van der Waals surface area contributed by atoms with Crippen LogP contribution in [0.4, 0.5) is 5.82 Å². The van der Waals surface area contributed by atoms with Crippen molar-refractivity contribution in [3.63, 3.8) is 0 Å². The maximum atomic E-state index is 11.7. The second-order valence-corrected chi connectivity index (χ2v) is 4.30. The minimum atomic E-state index is -0.238. The number of carbonyl (C=O) groups excluding carboxylic acids is 2. The van der Waals surface area contributed by atoms with Crippen LogP contribution in [0, 0.1) is 5.92 Å². The van der Waals surface area contributed by atoms with E-state index in [2.05, 4.69) is 20.9 Å². The predicted molar refractivity (Wildman–Crippen MR) is 58.2 cm³/mol. The van der Waals surface area contributed by atoms with Crippen LogP contribution in [0.5, 0.6) is 0 Å². The van der Waals surface area contributed by atoms with Crippen molar-refractivity contribution in [3.05, 3.63) is 22.8 Å². The van der Waals surface area contributed by atoms with Gasteiger partial charge in [-0.2, -0.15) is 0 Å². The van der Waals surface area contributed by atoms with Gasteiger partial charge in [0.1, 0.15) is 10.4 Å². The number of hydrogen-bond acceptors (Lipinski definition) is 3. The van der Waals surface area contributed by atoms with Gasteiger partial charge >= 0.3 is 0 Å². The lowest BCUT2D eigenvalue weighted by Crippen LogP contribution is -2.30. The Morgan fingerprint density at radius 3 is 2.73 bits per heavy atom. The molecule has 15 heavy (non-hydrogen) atoms. The lowest BCUT2D eigenvalue weighted by Gasteiger charge is -2.12. The van der Waals surface area contributed by atoms with Gasteiger partial charge in [0.25, 0.3) is 0 Å². The van der Waals surface area contributed by atoms with Crippen molar-refractivity contribution in [3.8, 4) is 0 Å². The monoisotopic (exact) mass is 268 g/mol. The Hall–Kier alpha value is -1.23. The highest BCUT2D eigenvalue weighted by atomic mass is 79.9. The van der Waals surface area contributed by atoms with Crippen molar-refractivity contribution in [2.24, 2.45) is 5.92 Å². The SMILES string of the molecule is CC1CC(=O)N(c2cccc(Br)n2)C1=O. The molecule has 1 atom stereocenters. The van der Waals surface area contributed by atoms with Gasteiger partial charge in [0.2, 0.25) is 11.8 Å². The summed E-state index contributed by atoms with van der Waals surface area (Å²) in [7, 11) is 0. The molecule has 78 valence electrons. The van der Waals surface area contributed by atoms with Crippen molar-refractivity contribution >= 4 is 33.6 Å². The first-order valence-corrected chi connectivity index (χ1v) is 5.38. The average molecular weight is 269 g/mol. The first kappa shape index (κ1) is 10.3. The van der Waals surface area contributed by atoms with Crippen molar-refractivity contribution in [2.45, 2.75) is 13.3 Å². The van der Waals surface area contributed by atoms with Crippen molar-refractivity contribution < 1.29 is 9.59 Å². The zero-order valence-electron chi connectivity index (χ0n) is 8.11. The van der Waals surface area contributed by atoms with Gasteiger partial charge in [0.15, 0.2) is 0 Å². The number of pyridine rings is 1. The molecule has 2 heterocycles. The van der Waals surface area contributed by atoms with Crippen LogP contribution in [-0.2, 0) is 9.59 Å². The Balaban J connectivity index is 2.39. The summed E-state index contributed by atoms with van der Waals surface area (Å²) in [6, 6.07) is 5.15. The van der Waals surface area contributed by atoms with Gasteiger partial charge in [-0.3, -0.25) is 9.59 Å². The second kappa shape index (κ2) is 3.73. The van der Waals surface area contributed by atoms with Crippen molar-refractivity contribution in [2.75, 3.05) is 4.90 Å². The fraction of sp³-hybridized carbons (Fsp3) is 0.300. The second-order valence-electron chi connectivity index (χ2n) is 3.49. The molecule has 1 unspecified atom stereocenters. The minimum Gasteiger partial charge on any atom is -0.274 e. The summed E-state index contributed by atoms with van der Waals surface area (Å²) in [6.45, 7) is 1.75. The van der Waals surface area contributed by atoms with Gasteiger partial charge in [0, 0.05) is 12.3 Å². The highest BCUT2D eigenvalue weighted by Gasteiger charge is 2.37. The van der Waals surface area contributed by atoms with E-state index in [0.717, 1.165) is 4.90 Å². The number of imide groups is 1. The third kappa shape index (κ3) is 1.79. The maximum absolute atomic E-state index is 11.7. The molecule has 0 saturated carbocycles. The molecule has 1 aromatic heterocycles. The molecule has 1 aromatic rings. The van der Waals surface area contributed by atoms with Crippen LogP contribution in [0.2, 0.25) is 0 Å². The zero-order chi connectivity index (χ0) is 11.0. The normalized spacial score (nSPS) is 21.2. The van der Waals surface area contributed by atoms with E-state index in [0.29, 0.717) is 10.4 Å². The van der Waals surface area contributed by atoms with Crippen LogP contribution in [0.1, 0.15) is 13.3 Å². The third-order valence-electron chi connectivity index (χ3n) is 2.30. The maximum Gasteiger partial charge on any atom is 0.238 e. The van der Waals surface area contributed by atoms with E-state index in [-0.39, 0.29) is 24.2 Å². The number of carbonyl (C=O) groups is 2. The summed E-state index contributed by atoms with van der Waals surface area (Å²) in [6.07, 6.45) is 0.271. The van der Waals surface area contributed by atoms with E-state index < -0.39 is 0 Å². The zero-order valence-corrected chi connectivity index (χ0v) is 9.69. The third-order valence-corrected chi connectivity index (χ3v) is 2.74. The molecule has 2 amide bonds. The molecule has 5 heteroatoms. The molecule has 4 nitrogen and oxygen atoms in total. The molecular weight excluding hydrogens is 260 g/mol. The number of nitrogens with zero attached hydrogens (tertiary/aromatic N) is 2. The van der Waals surface area contributed by atoms with E-state index in [4.69, 9.17) is 0 Å². The average Bonchev–Trinajstić information content (AvgIpc) is 2.41. The van der Waals surface area contributed by atoms with Gasteiger partial charge in [0.05, 0.1) is 0 Å². The molecule has 1 aliphatic rings. The van der Waals surface area contributed by atoms with Crippen molar-refractivity contribution in [1.82, 2.24) is 4.98 Å². The Morgan fingerprint density at radius 1 is 1.47 bits per heavy atom. The summed E-state index contributed by atoms with van der Waals surface area (Å²) < 4.78 is 0.611. The minimum absolute atomic E-state index is 0.175. The van der Waals surface area contributed by atoms with E-state index in [1.807, 2.05) is 0 Å². The molecule has 0 aliphatic carbocycles. The number of aromatic nitrogens is 1. The van der Waals surface area contributed by atoms with Crippen LogP contribution >= 0.6 is 15.9 Å². The summed E-state index contributed by atoms with van der Waals surface area (Å²) in [5, 5.41) is 0. The molecule has 0 N–H and O–H groups in total. The van der Waals surface area contributed by atoms with Crippen LogP contribution in [0.25, 0.3) is 0 Å².